The van der Waals surface area contributed by atoms with Gasteiger partial charge in [-0.05, 0) is 67.2 Å². The van der Waals surface area contributed by atoms with Crippen LogP contribution < -0.4 is 0 Å². The van der Waals surface area contributed by atoms with Crippen molar-refractivity contribution in [3.63, 3.8) is 0 Å². The van der Waals surface area contributed by atoms with Gasteiger partial charge in [-0.1, -0.05) is 24.3 Å². The maximum atomic E-state index is 10.8. The molecule has 0 aliphatic heterocycles. The summed E-state index contributed by atoms with van der Waals surface area (Å²) >= 11 is 1.80. The molecule has 0 bridgehead atoms. The van der Waals surface area contributed by atoms with E-state index in [1.165, 1.54) is 39.3 Å². The number of aryl methyl sites for hydroxylation is 3. The van der Waals surface area contributed by atoms with Crippen molar-refractivity contribution in [3.8, 4) is 0 Å². The van der Waals surface area contributed by atoms with E-state index in [0.29, 0.717) is 17.8 Å². The molecule has 0 radical (unpaired) electrons. The summed E-state index contributed by atoms with van der Waals surface area (Å²) in [5.74, 6) is 1.72. The predicted molar refractivity (Wildman–Crippen MR) is 83.2 cm³/mol. The molecule has 2 aliphatic carbocycles. The lowest BCUT2D eigenvalue weighted by atomic mass is 9.92. The predicted octanol–water partition coefficient (Wildman–Crippen LogP) is 4.37. The highest BCUT2D eigenvalue weighted by atomic mass is 32.1. The molecule has 104 valence electrons. The molecule has 0 amide bonds. The van der Waals surface area contributed by atoms with Crippen molar-refractivity contribution < 1.29 is 5.11 Å². The van der Waals surface area contributed by atoms with E-state index in [9.17, 15) is 5.11 Å². The molecule has 2 heteroatoms. The minimum atomic E-state index is -0.277. The maximum Gasteiger partial charge on any atom is 0.0837 e. The van der Waals surface area contributed by atoms with E-state index in [-0.39, 0.29) is 6.10 Å². The summed E-state index contributed by atoms with van der Waals surface area (Å²) in [4.78, 5) is 2.59. The van der Waals surface area contributed by atoms with Gasteiger partial charge in [-0.15, -0.1) is 11.3 Å². The molecular weight excluding hydrogens is 264 g/mol. The summed E-state index contributed by atoms with van der Waals surface area (Å²) in [5, 5.41) is 10.8. The first kappa shape index (κ1) is 12.6. The Balaban J connectivity index is 1.65. The summed E-state index contributed by atoms with van der Waals surface area (Å²) in [5.41, 5.74) is 4.17. The molecule has 0 saturated heterocycles. The van der Waals surface area contributed by atoms with Gasteiger partial charge in [-0.2, -0.15) is 0 Å². The topological polar surface area (TPSA) is 20.2 Å². The molecule has 1 aromatic carbocycles. The van der Waals surface area contributed by atoms with Crippen molar-refractivity contribution in [2.75, 3.05) is 0 Å². The zero-order valence-corrected chi connectivity index (χ0v) is 12.8. The summed E-state index contributed by atoms with van der Waals surface area (Å²) in [6.07, 6.45) is 2.15. The fraction of sp³-hybridized carbons (Fsp3) is 0.444. The molecule has 1 saturated carbocycles. The number of hydrogen-bond acceptors (Lipinski definition) is 2. The number of rotatable bonds is 2. The molecule has 1 aromatic heterocycles. The fourth-order valence-corrected chi connectivity index (χ4v) is 5.17. The number of aliphatic hydroxyl groups excluding tert-OH is 1. The molecule has 2 aromatic rings. The minimum absolute atomic E-state index is 0.277. The number of hydrogen-bond donors (Lipinski definition) is 1. The highest BCUT2D eigenvalue weighted by molar-refractivity contribution is 7.12. The van der Waals surface area contributed by atoms with Crippen molar-refractivity contribution in [3.05, 3.63) is 56.8 Å². The third-order valence-electron chi connectivity index (χ3n) is 5.15. The van der Waals surface area contributed by atoms with Crippen LogP contribution in [0.25, 0.3) is 0 Å². The van der Waals surface area contributed by atoms with Gasteiger partial charge in [0.05, 0.1) is 6.10 Å². The zero-order chi connectivity index (χ0) is 13.9. The Kier molecular flexibility index (Phi) is 2.80. The number of thiophene rings is 1. The van der Waals surface area contributed by atoms with Gasteiger partial charge >= 0.3 is 0 Å². The van der Waals surface area contributed by atoms with Gasteiger partial charge < -0.3 is 5.11 Å². The monoisotopic (exact) mass is 284 g/mol. The summed E-state index contributed by atoms with van der Waals surface area (Å²) < 4.78 is 0. The van der Waals surface area contributed by atoms with Crippen LogP contribution in [-0.4, -0.2) is 5.11 Å². The van der Waals surface area contributed by atoms with Gasteiger partial charge in [-0.3, -0.25) is 0 Å². The third-order valence-corrected chi connectivity index (χ3v) is 6.13. The molecule has 20 heavy (non-hydrogen) atoms. The fourth-order valence-electron chi connectivity index (χ4n) is 4.20. The standard InChI is InChI=1S/C18H20OS/c1-10-9-15(11(2)20-10)18(19)17-14-8-7-12-5-3-4-6-13(12)16(14)17/h3-6,9,14,16-19H,7-8H2,1-2H3. The second-order valence-electron chi connectivity index (χ2n) is 6.32. The first-order valence-electron chi connectivity index (χ1n) is 7.49. The number of benzene rings is 1. The molecule has 1 fully saturated rings. The SMILES string of the molecule is Cc1cc(C(O)C2C3CCc4ccccc4C32)c(C)s1. The van der Waals surface area contributed by atoms with Crippen LogP contribution in [0.5, 0.6) is 0 Å². The average molecular weight is 284 g/mol. The summed E-state index contributed by atoms with van der Waals surface area (Å²) in [6.45, 7) is 4.26. The lowest BCUT2D eigenvalue weighted by molar-refractivity contribution is 0.145. The Morgan fingerprint density at radius 3 is 2.80 bits per heavy atom. The molecule has 4 rings (SSSR count). The normalized spacial score (nSPS) is 28.6. The van der Waals surface area contributed by atoms with E-state index in [2.05, 4.69) is 44.2 Å². The average Bonchev–Trinajstić information content (AvgIpc) is 3.09. The highest BCUT2D eigenvalue weighted by Crippen LogP contribution is 2.64. The van der Waals surface area contributed by atoms with Crippen molar-refractivity contribution >= 4 is 11.3 Å². The van der Waals surface area contributed by atoms with Crippen molar-refractivity contribution in [2.24, 2.45) is 11.8 Å². The van der Waals surface area contributed by atoms with Crippen LogP contribution in [0, 0.1) is 25.7 Å². The molecule has 1 N–H and O–H groups in total. The van der Waals surface area contributed by atoms with Crippen LogP contribution in [0.4, 0.5) is 0 Å². The van der Waals surface area contributed by atoms with Crippen molar-refractivity contribution in [2.45, 2.75) is 38.7 Å². The lowest BCUT2D eigenvalue weighted by Gasteiger charge is -2.13. The second kappa shape index (κ2) is 4.44. The van der Waals surface area contributed by atoms with Gasteiger partial charge in [0.1, 0.15) is 0 Å². The zero-order valence-electron chi connectivity index (χ0n) is 12.0. The first-order chi connectivity index (χ1) is 9.66. The minimum Gasteiger partial charge on any atom is -0.388 e. The van der Waals surface area contributed by atoms with Crippen LogP contribution >= 0.6 is 11.3 Å². The Labute approximate surface area is 124 Å². The van der Waals surface area contributed by atoms with E-state index < -0.39 is 0 Å². The molecular formula is C18H20OS. The molecule has 0 spiro atoms. The summed E-state index contributed by atoms with van der Waals surface area (Å²) in [6, 6.07) is 11.0. The molecule has 4 atom stereocenters. The van der Waals surface area contributed by atoms with Crippen LogP contribution in [0.3, 0.4) is 0 Å². The van der Waals surface area contributed by atoms with E-state index in [0.717, 1.165) is 0 Å². The highest BCUT2D eigenvalue weighted by Gasteiger charge is 2.56. The van der Waals surface area contributed by atoms with Crippen LogP contribution in [-0.2, 0) is 6.42 Å². The Bertz CT molecular complexity index is 657. The maximum absolute atomic E-state index is 10.8. The van der Waals surface area contributed by atoms with Crippen LogP contribution in [0.1, 0.15) is 44.9 Å². The van der Waals surface area contributed by atoms with Gasteiger partial charge in [0.2, 0.25) is 0 Å². The third kappa shape index (κ3) is 1.78. The number of aliphatic hydroxyl groups is 1. The van der Waals surface area contributed by atoms with Crippen molar-refractivity contribution in [1.29, 1.82) is 0 Å². The molecule has 4 unspecified atom stereocenters. The molecule has 2 aliphatic rings. The van der Waals surface area contributed by atoms with Gasteiger partial charge in [0, 0.05) is 9.75 Å². The first-order valence-corrected chi connectivity index (χ1v) is 8.31. The van der Waals surface area contributed by atoms with E-state index in [1.54, 1.807) is 11.3 Å². The molecule has 1 nitrogen and oxygen atoms in total. The van der Waals surface area contributed by atoms with Crippen LogP contribution in [0.15, 0.2) is 30.3 Å². The van der Waals surface area contributed by atoms with Gasteiger partial charge in [-0.25, -0.2) is 0 Å². The number of fused-ring (bicyclic) bond motifs is 3. The Morgan fingerprint density at radius 2 is 2.05 bits per heavy atom. The lowest BCUT2D eigenvalue weighted by Crippen LogP contribution is -2.02. The van der Waals surface area contributed by atoms with Gasteiger partial charge in [0.15, 0.2) is 0 Å². The largest absolute Gasteiger partial charge is 0.388 e. The second-order valence-corrected chi connectivity index (χ2v) is 7.78. The van der Waals surface area contributed by atoms with E-state index in [1.807, 2.05) is 0 Å². The van der Waals surface area contributed by atoms with E-state index in [4.69, 9.17) is 0 Å². The molecule has 1 heterocycles. The summed E-state index contributed by atoms with van der Waals surface area (Å²) in [7, 11) is 0. The van der Waals surface area contributed by atoms with Gasteiger partial charge in [0.25, 0.3) is 0 Å². The van der Waals surface area contributed by atoms with E-state index >= 15 is 0 Å². The quantitative estimate of drug-likeness (QED) is 0.868. The Hall–Kier alpha value is -1.12. The van der Waals surface area contributed by atoms with Crippen LogP contribution in [0.2, 0.25) is 0 Å². The van der Waals surface area contributed by atoms with Crippen molar-refractivity contribution in [1.82, 2.24) is 0 Å². The Morgan fingerprint density at radius 1 is 1.25 bits per heavy atom. The smallest absolute Gasteiger partial charge is 0.0837 e.